The fourth-order valence-electron chi connectivity index (χ4n) is 1.54. The number of hydrogen-bond acceptors (Lipinski definition) is 2. The fraction of sp³-hybridized carbons (Fsp3) is 1.00. The van der Waals surface area contributed by atoms with E-state index in [4.69, 9.17) is 5.73 Å². The van der Waals surface area contributed by atoms with Crippen LogP contribution >= 0.6 is 0 Å². The van der Waals surface area contributed by atoms with Gasteiger partial charge in [0.15, 0.2) is 0 Å². The molecule has 0 aromatic heterocycles. The summed E-state index contributed by atoms with van der Waals surface area (Å²) in [6, 6.07) is 0. The second-order valence-corrected chi connectivity index (χ2v) is 3.72. The molecule has 0 aromatic rings. The van der Waals surface area contributed by atoms with Crippen molar-refractivity contribution in [2.75, 3.05) is 6.54 Å². The first-order valence-electron chi connectivity index (χ1n) is 4.63. The topological polar surface area (TPSA) is 46.2 Å². The lowest BCUT2D eigenvalue weighted by Gasteiger charge is -2.19. The van der Waals surface area contributed by atoms with Gasteiger partial charge in [-0.1, -0.05) is 19.8 Å². The molecule has 1 rings (SSSR count). The van der Waals surface area contributed by atoms with Crippen molar-refractivity contribution in [2.24, 2.45) is 11.1 Å². The highest BCUT2D eigenvalue weighted by molar-refractivity contribution is 4.99. The second kappa shape index (κ2) is 3.55. The molecule has 0 bridgehead atoms. The number of hydrogen-bond donors (Lipinski definition) is 2. The highest BCUT2D eigenvalue weighted by Crippen LogP contribution is 2.48. The molecular weight excluding hydrogens is 138 g/mol. The Morgan fingerprint density at radius 2 is 2.18 bits per heavy atom. The zero-order chi connectivity index (χ0) is 8.32. The van der Waals surface area contributed by atoms with Crippen LogP contribution in [0.2, 0.25) is 0 Å². The Balaban J connectivity index is 2.23. The molecular formula is C9H19NO. The van der Waals surface area contributed by atoms with Crippen LogP contribution in [0.4, 0.5) is 0 Å². The average molecular weight is 157 g/mol. The molecule has 1 saturated carbocycles. The van der Waals surface area contributed by atoms with E-state index in [2.05, 4.69) is 6.92 Å². The predicted molar refractivity (Wildman–Crippen MR) is 46.3 cm³/mol. The smallest absolute Gasteiger partial charge is 0.0608 e. The SMILES string of the molecule is CCCCC(O)C1(CN)CC1. The van der Waals surface area contributed by atoms with Gasteiger partial charge in [0.05, 0.1) is 6.10 Å². The summed E-state index contributed by atoms with van der Waals surface area (Å²) in [7, 11) is 0. The molecule has 3 N–H and O–H groups in total. The summed E-state index contributed by atoms with van der Waals surface area (Å²) in [5.74, 6) is 0. The Labute approximate surface area is 68.8 Å². The summed E-state index contributed by atoms with van der Waals surface area (Å²) in [6.07, 6.45) is 5.37. The number of nitrogens with two attached hydrogens (primary N) is 1. The molecule has 1 fully saturated rings. The van der Waals surface area contributed by atoms with Gasteiger partial charge in [-0.05, 0) is 19.3 Å². The Hall–Kier alpha value is -0.0800. The molecule has 2 nitrogen and oxygen atoms in total. The third-order valence-corrected chi connectivity index (χ3v) is 2.84. The van der Waals surface area contributed by atoms with Crippen molar-refractivity contribution in [3.63, 3.8) is 0 Å². The van der Waals surface area contributed by atoms with E-state index in [1.165, 1.54) is 0 Å². The predicted octanol–water partition coefficient (Wildman–Crippen LogP) is 1.28. The molecule has 1 aliphatic rings. The van der Waals surface area contributed by atoms with Gasteiger partial charge in [0.2, 0.25) is 0 Å². The van der Waals surface area contributed by atoms with E-state index < -0.39 is 0 Å². The van der Waals surface area contributed by atoms with Crippen molar-refractivity contribution < 1.29 is 5.11 Å². The summed E-state index contributed by atoms with van der Waals surface area (Å²) in [4.78, 5) is 0. The van der Waals surface area contributed by atoms with E-state index in [-0.39, 0.29) is 11.5 Å². The standard InChI is InChI=1S/C9H19NO/c1-2-3-4-8(11)9(7-10)5-6-9/h8,11H,2-7,10H2,1H3. The van der Waals surface area contributed by atoms with Gasteiger partial charge in [-0.25, -0.2) is 0 Å². The molecule has 2 heteroatoms. The van der Waals surface area contributed by atoms with E-state index in [1.807, 2.05) is 0 Å². The molecule has 11 heavy (non-hydrogen) atoms. The Bertz CT molecular complexity index is 121. The minimum atomic E-state index is -0.132. The molecule has 0 saturated heterocycles. The van der Waals surface area contributed by atoms with E-state index >= 15 is 0 Å². The number of unbranched alkanes of at least 4 members (excludes halogenated alkanes) is 1. The Kier molecular flexibility index (Phi) is 2.90. The molecule has 0 aliphatic heterocycles. The van der Waals surface area contributed by atoms with Crippen LogP contribution in [-0.2, 0) is 0 Å². The molecule has 1 atom stereocenters. The fourth-order valence-corrected chi connectivity index (χ4v) is 1.54. The maximum atomic E-state index is 9.69. The van der Waals surface area contributed by atoms with Crippen molar-refractivity contribution >= 4 is 0 Å². The van der Waals surface area contributed by atoms with Gasteiger partial charge in [-0.2, -0.15) is 0 Å². The lowest BCUT2D eigenvalue weighted by molar-refractivity contribution is 0.0864. The lowest BCUT2D eigenvalue weighted by Crippen LogP contribution is -2.29. The van der Waals surface area contributed by atoms with Gasteiger partial charge in [0, 0.05) is 12.0 Å². The van der Waals surface area contributed by atoms with Crippen molar-refractivity contribution in [3.05, 3.63) is 0 Å². The summed E-state index contributed by atoms with van der Waals surface area (Å²) < 4.78 is 0. The van der Waals surface area contributed by atoms with Gasteiger partial charge < -0.3 is 10.8 Å². The third-order valence-electron chi connectivity index (χ3n) is 2.84. The molecule has 0 spiro atoms. The maximum absolute atomic E-state index is 9.69. The van der Waals surface area contributed by atoms with Crippen molar-refractivity contribution in [1.82, 2.24) is 0 Å². The Morgan fingerprint density at radius 3 is 2.55 bits per heavy atom. The average Bonchev–Trinajstić information content (AvgIpc) is 2.80. The first-order valence-corrected chi connectivity index (χ1v) is 4.63. The number of rotatable bonds is 5. The minimum absolute atomic E-state index is 0.132. The van der Waals surface area contributed by atoms with Crippen molar-refractivity contribution in [2.45, 2.75) is 45.1 Å². The molecule has 0 radical (unpaired) electrons. The normalized spacial score (nSPS) is 23.2. The van der Waals surface area contributed by atoms with Crippen LogP contribution in [0.15, 0.2) is 0 Å². The second-order valence-electron chi connectivity index (χ2n) is 3.72. The van der Waals surface area contributed by atoms with Crippen LogP contribution in [0.1, 0.15) is 39.0 Å². The summed E-state index contributed by atoms with van der Waals surface area (Å²) in [6.45, 7) is 2.81. The van der Waals surface area contributed by atoms with Gasteiger partial charge in [-0.15, -0.1) is 0 Å². The van der Waals surface area contributed by atoms with Crippen molar-refractivity contribution in [1.29, 1.82) is 0 Å². The van der Waals surface area contributed by atoms with Crippen LogP contribution in [-0.4, -0.2) is 17.8 Å². The number of aliphatic hydroxyl groups excluding tert-OH is 1. The third kappa shape index (κ3) is 1.94. The highest BCUT2D eigenvalue weighted by Gasteiger charge is 2.46. The van der Waals surface area contributed by atoms with Gasteiger partial charge >= 0.3 is 0 Å². The molecule has 1 unspecified atom stereocenters. The van der Waals surface area contributed by atoms with Gasteiger partial charge in [0.25, 0.3) is 0 Å². The zero-order valence-corrected chi connectivity index (χ0v) is 7.34. The molecule has 0 heterocycles. The van der Waals surface area contributed by atoms with Gasteiger partial charge in [0.1, 0.15) is 0 Å². The van der Waals surface area contributed by atoms with Crippen molar-refractivity contribution in [3.8, 4) is 0 Å². The first-order chi connectivity index (χ1) is 5.25. The summed E-state index contributed by atoms with van der Waals surface area (Å²) >= 11 is 0. The quantitative estimate of drug-likeness (QED) is 0.631. The van der Waals surface area contributed by atoms with Gasteiger partial charge in [-0.3, -0.25) is 0 Å². The molecule has 1 aliphatic carbocycles. The van der Waals surface area contributed by atoms with Crippen LogP contribution < -0.4 is 5.73 Å². The van der Waals surface area contributed by atoms with Crippen LogP contribution in [0.3, 0.4) is 0 Å². The molecule has 0 amide bonds. The van der Waals surface area contributed by atoms with Crippen LogP contribution in [0.25, 0.3) is 0 Å². The largest absolute Gasteiger partial charge is 0.393 e. The maximum Gasteiger partial charge on any atom is 0.0608 e. The number of aliphatic hydroxyl groups is 1. The van der Waals surface area contributed by atoms with Crippen LogP contribution in [0, 0.1) is 5.41 Å². The minimum Gasteiger partial charge on any atom is -0.393 e. The zero-order valence-electron chi connectivity index (χ0n) is 7.34. The highest BCUT2D eigenvalue weighted by atomic mass is 16.3. The first kappa shape index (κ1) is 9.01. The Morgan fingerprint density at radius 1 is 1.55 bits per heavy atom. The van der Waals surface area contributed by atoms with Crippen LogP contribution in [0.5, 0.6) is 0 Å². The molecule has 0 aromatic carbocycles. The van der Waals surface area contributed by atoms with E-state index in [0.717, 1.165) is 32.1 Å². The van der Waals surface area contributed by atoms with E-state index in [1.54, 1.807) is 0 Å². The summed E-state index contributed by atoms with van der Waals surface area (Å²) in [5.41, 5.74) is 5.72. The van der Waals surface area contributed by atoms with E-state index in [0.29, 0.717) is 6.54 Å². The molecule has 66 valence electrons. The monoisotopic (exact) mass is 157 g/mol. The van der Waals surface area contributed by atoms with E-state index in [9.17, 15) is 5.11 Å². The summed E-state index contributed by atoms with van der Waals surface area (Å²) in [5, 5.41) is 9.69. The lowest BCUT2D eigenvalue weighted by atomic mass is 9.95.